The number of carbonyl (C=O) groups is 2. The molecule has 1 atom stereocenters. The minimum atomic E-state index is -0.643. The first kappa shape index (κ1) is 21.1. The van der Waals surface area contributed by atoms with Crippen LogP contribution in [0.25, 0.3) is 0 Å². The number of nitro groups is 1. The van der Waals surface area contributed by atoms with Gasteiger partial charge >= 0.3 is 0 Å². The summed E-state index contributed by atoms with van der Waals surface area (Å²) in [5.74, 6) is -0.548. The van der Waals surface area contributed by atoms with E-state index < -0.39 is 11.0 Å². The maximum Gasteiger partial charge on any atom is 0.273 e. The Kier molecular flexibility index (Phi) is 7.68. The first-order chi connectivity index (χ1) is 13.5. The smallest absolute Gasteiger partial charge is 0.273 e. The van der Waals surface area contributed by atoms with Crippen LogP contribution in [-0.4, -0.2) is 34.2 Å². The zero-order valence-corrected chi connectivity index (χ0v) is 16.1. The number of hydrogen-bond acceptors (Lipinski definition) is 4. The van der Waals surface area contributed by atoms with Crippen molar-refractivity contribution in [3.8, 4) is 0 Å². The van der Waals surface area contributed by atoms with Gasteiger partial charge in [-0.15, -0.1) is 0 Å². The molecule has 0 aliphatic carbocycles. The highest BCUT2D eigenvalue weighted by Crippen LogP contribution is 2.21. The maximum absolute atomic E-state index is 13.1. The molecule has 2 aromatic carbocycles. The van der Waals surface area contributed by atoms with Gasteiger partial charge in [0.05, 0.1) is 11.3 Å². The van der Waals surface area contributed by atoms with Gasteiger partial charge in [0.15, 0.2) is 0 Å². The Hall–Kier alpha value is -3.22. The molecule has 1 N–H and O–H groups in total. The number of nitrogens with one attached hydrogen (secondary N) is 1. The molecule has 1 unspecified atom stereocenters. The second-order valence-corrected chi connectivity index (χ2v) is 6.39. The molecule has 7 heteroatoms. The van der Waals surface area contributed by atoms with Crippen LogP contribution in [0, 0.1) is 10.1 Å². The molecule has 0 spiro atoms. The lowest BCUT2D eigenvalue weighted by molar-refractivity contribution is -0.385. The molecule has 0 fully saturated rings. The SMILES string of the molecule is CCNC(=O)C(CC)N(Cc1ccccc1)C(=O)Cc1ccccc1[N+](=O)[O-]. The van der Waals surface area contributed by atoms with E-state index in [2.05, 4.69) is 5.32 Å². The van der Waals surface area contributed by atoms with Crippen LogP contribution < -0.4 is 5.32 Å². The molecule has 0 aromatic heterocycles. The Morgan fingerprint density at radius 1 is 1.07 bits per heavy atom. The van der Waals surface area contributed by atoms with E-state index in [0.717, 1.165) is 5.56 Å². The van der Waals surface area contributed by atoms with Crippen molar-refractivity contribution in [3.05, 3.63) is 75.8 Å². The van der Waals surface area contributed by atoms with E-state index in [1.54, 1.807) is 18.2 Å². The number of carbonyl (C=O) groups excluding carboxylic acids is 2. The van der Waals surface area contributed by atoms with Crippen LogP contribution in [0.4, 0.5) is 5.69 Å². The van der Waals surface area contributed by atoms with Gasteiger partial charge in [-0.3, -0.25) is 19.7 Å². The average molecular weight is 383 g/mol. The van der Waals surface area contributed by atoms with E-state index >= 15 is 0 Å². The van der Waals surface area contributed by atoms with Crippen molar-refractivity contribution in [1.82, 2.24) is 10.2 Å². The Balaban J connectivity index is 2.33. The summed E-state index contributed by atoms with van der Waals surface area (Å²) in [5, 5.41) is 14.0. The summed E-state index contributed by atoms with van der Waals surface area (Å²) in [4.78, 5) is 37.9. The Labute approximate surface area is 164 Å². The van der Waals surface area contributed by atoms with E-state index in [4.69, 9.17) is 0 Å². The molecular weight excluding hydrogens is 358 g/mol. The molecule has 0 aliphatic heterocycles. The number of likely N-dealkylation sites (N-methyl/N-ethyl adjacent to an activating group) is 1. The van der Waals surface area contributed by atoms with Crippen LogP contribution in [0.3, 0.4) is 0 Å². The van der Waals surface area contributed by atoms with Crippen molar-refractivity contribution in [1.29, 1.82) is 0 Å². The zero-order chi connectivity index (χ0) is 20.5. The predicted molar refractivity (Wildman–Crippen MR) is 107 cm³/mol. The minimum Gasteiger partial charge on any atom is -0.355 e. The number of hydrogen-bond donors (Lipinski definition) is 1. The van der Waals surface area contributed by atoms with Crippen molar-refractivity contribution in [2.24, 2.45) is 0 Å². The minimum absolute atomic E-state index is 0.0958. The van der Waals surface area contributed by atoms with Gasteiger partial charge in [-0.25, -0.2) is 0 Å². The molecule has 0 bridgehead atoms. The average Bonchev–Trinajstić information content (AvgIpc) is 2.69. The van der Waals surface area contributed by atoms with Crippen molar-refractivity contribution < 1.29 is 14.5 Å². The monoisotopic (exact) mass is 383 g/mol. The lowest BCUT2D eigenvalue weighted by Crippen LogP contribution is -2.49. The van der Waals surface area contributed by atoms with E-state index in [9.17, 15) is 19.7 Å². The summed E-state index contributed by atoms with van der Waals surface area (Å²) < 4.78 is 0. The fraction of sp³-hybridized carbons (Fsp3) is 0.333. The molecule has 0 aliphatic rings. The fourth-order valence-corrected chi connectivity index (χ4v) is 3.09. The Bertz CT molecular complexity index is 823. The molecule has 148 valence electrons. The first-order valence-corrected chi connectivity index (χ1v) is 9.31. The molecule has 0 radical (unpaired) electrons. The highest BCUT2D eigenvalue weighted by atomic mass is 16.6. The summed E-state index contributed by atoms with van der Waals surface area (Å²) in [6, 6.07) is 14.9. The lowest BCUT2D eigenvalue weighted by atomic mass is 10.1. The summed E-state index contributed by atoms with van der Waals surface area (Å²) in [6.07, 6.45) is 0.307. The second kappa shape index (κ2) is 10.2. The second-order valence-electron chi connectivity index (χ2n) is 6.39. The van der Waals surface area contributed by atoms with E-state index in [-0.39, 0.29) is 30.5 Å². The molecule has 0 saturated heterocycles. The molecule has 0 saturated carbocycles. The standard InChI is InChI=1S/C21H25N3O4/c1-3-18(21(26)22-4-2)23(15-16-10-6-5-7-11-16)20(25)14-17-12-8-9-13-19(17)24(27)28/h5-13,18H,3-4,14-15H2,1-2H3,(H,22,26). The Morgan fingerprint density at radius 2 is 1.71 bits per heavy atom. The summed E-state index contributed by atoms with van der Waals surface area (Å²) in [7, 11) is 0. The third-order valence-electron chi connectivity index (χ3n) is 4.46. The van der Waals surface area contributed by atoms with Crippen molar-refractivity contribution in [3.63, 3.8) is 0 Å². The summed E-state index contributed by atoms with van der Waals surface area (Å²) in [6.45, 7) is 4.39. The topological polar surface area (TPSA) is 92.6 Å². The van der Waals surface area contributed by atoms with Gasteiger partial charge in [-0.1, -0.05) is 55.5 Å². The number of amides is 2. The summed E-state index contributed by atoms with van der Waals surface area (Å²) in [5.41, 5.74) is 1.13. The van der Waals surface area contributed by atoms with Crippen LogP contribution in [0.15, 0.2) is 54.6 Å². The molecule has 0 heterocycles. The lowest BCUT2D eigenvalue weighted by Gasteiger charge is -2.30. The normalized spacial score (nSPS) is 11.5. The highest BCUT2D eigenvalue weighted by Gasteiger charge is 2.29. The molecule has 2 amide bonds. The number of nitrogens with zero attached hydrogens (tertiary/aromatic N) is 2. The fourth-order valence-electron chi connectivity index (χ4n) is 3.09. The first-order valence-electron chi connectivity index (χ1n) is 9.31. The molecular formula is C21H25N3O4. The van der Waals surface area contributed by atoms with Crippen LogP contribution in [0.2, 0.25) is 0 Å². The quantitative estimate of drug-likeness (QED) is 0.532. The van der Waals surface area contributed by atoms with Crippen LogP contribution in [0.1, 0.15) is 31.4 Å². The van der Waals surface area contributed by atoms with Gasteiger partial charge in [0.2, 0.25) is 11.8 Å². The van der Waals surface area contributed by atoms with Gasteiger partial charge in [0, 0.05) is 24.7 Å². The van der Waals surface area contributed by atoms with Crippen LogP contribution >= 0.6 is 0 Å². The number of nitro benzene ring substituents is 1. The molecule has 2 aromatic rings. The van der Waals surface area contributed by atoms with Crippen molar-refractivity contribution in [2.45, 2.75) is 39.3 Å². The van der Waals surface area contributed by atoms with Gasteiger partial charge in [0.1, 0.15) is 6.04 Å². The van der Waals surface area contributed by atoms with Crippen LogP contribution in [-0.2, 0) is 22.6 Å². The number of para-hydroxylation sites is 1. The van der Waals surface area contributed by atoms with Gasteiger partial charge in [-0.05, 0) is 18.9 Å². The molecule has 28 heavy (non-hydrogen) atoms. The van der Waals surface area contributed by atoms with Gasteiger partial charge in [-0.2, -0.15) is 0 Å². The van der Waals surface area contributed by atoms with E-state index in [1.807, 2.05) is 44.2 Å². The Morgan fingerprint density at radius 3 is 2.32 bits per heavy atom. The van der Waals surface area contributed by atoms with E-state index in [1.165, 1.54) is 11.0 Å². The van der Waals surface area contributed by atoms with Crippen molar-refractivity contribution in [2.75, 3.05) is 6.54 Å². The van der Waals surface area contributed by atoms with E-state index in [0.29, 0.717) is 18.5 Å². The number of rotatable bonds is 9. The third-order valence-corrected chi connectivity index (χ3v) is 4.46. The van der Waals surface area contributed by atoms with Crippen LogP contribution in [0.5, 0.6) is 0 Å². The predicted octanol–water partition coefficient (Wildman–Crippen LogP) is 3.08. The molecule has 7 nitrogen and oxygen atoms in total. The number of benzene rings is 2. The third kappa shape index (κ3) is 5.39. The molecule has 2 rings (SSSR count). The highest BCUT2D eigenvalue weighted by molar-refractivity contribution is 5.88. The largest absolute Gasteiger partial charge is 0.355 e. The van der Waals surface area contributed by atoms with Gasteiger partial charge < -0.3 is 10.2 Å². The zero-order valence-electron chi connectivity index (χ0n) is 16.1. The van der Waals surface area contributed by atoms with Gasteiger partial charge in [0.25, 0.3) is 5.69 Å². The van der Waals surface area contributed by atoms with Crippen molar-refractivity contribution >= 4 is 17.5 Å². The maximum atomic E-state index is 13.1. The summed E-state index contributed by atoms with van der Waals surface area (Å²) >= 11 is 0.